The number of halogens is 1. The fraction of sp³-hybridized carbons (Fsp3) is 0.391. The van der Waals surface area contributed by atoms with Crippen molar-refractivity contribution >= 4 is 32.6 Å². The first kappa shape index (κ1) is 22.4. The lowest BCUT2D eigenvalue weighted by Crippen LogP contribution is -2.44. The largest absolute Gasteiger partial charge is 0.494 e. The van der Waals surface area contributed by atoms with Crippen molar-refractivity contribution in [2.45, 2.75) is 6.92 Å². The summed E-state index contributed by atoms with van der Waals surface area (Å²) < 4.78 is 30.6. The van der Waals surface area contributed by atoms with Gasteiger partial charge in [0.05, 0.1) is 25.0 Å². The molecule has 0 aliphatic carbocycles. The highest BCUT2D eigenvalue weighted by atomic mass is 32.1. The van der Waals surface area contributed by atoms with Gasteiger partial charge in [-0.05, 0) is 42.8 Å². The quantitative estimate of drug-likeness (QED) is 0.514. The normalized spacial score (nSPS) is 14.5. The monoisotopic (exact) mass is 459 g/mol. The first-order valence-electron chi connectivity index (χ1n) is 10.5. The SMILES string of the molecule is COc1ccc(C)c2sc(N(CCN3CCOCC3)C(=O)COc3ccc(F)cc3)nc12. The van der Waals surface area contributed by atoms with E-state index in [1.54, 1.807) is 12.0 Å². The van der Waals surface area contributed by atoms with Gasteiger partial charge in [0, 0.05) is 26.2 Å². The predicted molar refractivity (Wildman–Crippen MR) is 122 cm³/mol. The molecule has 0 spiro atoms. The van der Waals surface area contributed by atoms with Gasteiger partial charge in [-0.15, -0.1) is 0 Å². The van der Waals surface area contributed by atoms with E-state index in [1.807, 2.05) is 19.1 Å². The summed E-state index contributed by atoms with van der Waals surface area (Å²) in [5.41, 5.74) is 1.82. The average molecular weight is 460 g/mol. The maximum Gasteiger partial charge on any atom is 0.266 e. The van der Waals surface area contributed by atoms with Crippen molar-refractivity contribution in [2.75, 3.05) is 58.0 Å². The minimum Gasteiger partial charge on any atom is -0.494 e. The van der Waals surface area contributed by atoms with Crippen molar-refractivity contribution in [3.63, 3.8) is 0 Å². The summed E-state index contributed by atoms with van der Waals surface area (Å²) in [6.07, 6.45) is 0. The molecule has 0 saturated carbocycles. The molecule has 4 rings (SSSR count). The van der Waals surface area contributed by atoms with Crippen molar-refractivity contribution in [3.05, 3.63) is 47.8 Å². The second-order valence-electron chi connectivity index (χ2n) is 7.50. The number of aryl methyl sites for hydroxylation is 1. The van der Waals surface area contributed by atoms with Gasteiger partial charge >= 0.3 is 0 Å². The van der Waals surface area contributed by atoms with Crippen LogP contribution in [0.3, 0.4) is 0 Å². The molecule has 1 amide bonds. The smallest absolute Gasteiger partial charge is 0.266 e. The number of morpholine rings is 1. The van der Waals surface area contributed by atoms with Crippen LogP contribution in [0.15, 0.2) is 36.4 Å². The van der Waals surface area contributed by atoms with Crippen LogP contribution in [-0.4, -0.2) is 68.9 Å². The molecule has 32 heavy (non-hydrogen) atoms. The van der Waals surface area contributed by atoms with Gasteiger partial charge < -0.3 is 14.2 Å². The van der Waals surface area contributed by atoms with Crippen LogP contribution >= 0.6 is 11.3 Å². The minimum atomic E-state index is -0.352. The maximum atomic E-state index is 13.2. The fourth-order valence-corrected chi connectivity index (χ4v) is 4.62. The molecular formula is C23H26FN3O4S. The molecule has 0 bridgehead atoms. The molecule has 2 heterocycles. The molecule has 1 fully saturated rings. The number of benzene rings is 2. The topological polar surface area (TPSA) is 64.1 Å². The Bertz CT molecular complexity index is 1070. The Hall–Kier alpha value is -2.75. The summed E-state index contributed by atoms with van der Waals surface area (Å²) in [7, 11) is 1.61. The van der Waals surface area contributed by atoms with Crippen LogP contribution in [0.2, 0.25) is 0 Å². The molecule has 2 aromatic carbocycles. The lowest BCUT2D eigenvalue weighted by Gasteiger charge is -2.29. The number of aromatic nitrogens is 1. The number of carbonyl (C=O) groups is 1. The third kappa shape index (κ3) is 5.17. The van der Waals surface area contributed by atoms with Gasteiger partial charge in [0.15, 0.2) is 11.7 Å². The standard InChI is InChI=1S/C23H26FN3O4S/c1-16-3-8-19(29-2)21-22(16)32-23(25-21)27(10-9-26-11-13-30-14-12-26)20(28)15-31-18-6-4-17(24)5-7-18/h3-8H,9-15H2,1-2H3. The van der Waals surface area contributed by atoms with Gasteiger partial charge in [-0.1, -0.05) is 17.4 Å². The lowest BCUT2D eigenvalue weighted by molar-refractivity contribution is -0.120. The number of methoxy groups -OCH3 is 1. The number of hydrogen-bond acceptors (Lipinski definition) is 7. The van der Waals surface area contributed by atoms with Crippen LogP contribution in [0.25, 0.3) is 10.2 Å². The van der Waals surface area contributed by atoms with Gasteiger partial charge in [-0.25, -0.2) is 9.37 Å². The van der Waals surface area contributed by atoms with E-state index in [0.717, 1.165) is 28.9 Å². The number of ether oxygens (including phenoxy) is 3. The molecule has 1 aliphatic heterocycles. The predicted octanol–water partition coefficient (Wildman–Crippen LogP) is 3.50. The van der Waals surface area contributed by atoms with Crippen molar-refractivity contribution < 1.29 is 23.4 Å². The van der Waals surface area contributed by atoms with Crippen LogP contribution in [0.4, 0.5) is 9.52 Å². The second-order valence-corrected chi connectivity index (χ2v) is 8.48. The van der Waals surface area contributed by atoms with E-state index < -0.39 is 0 Å². The number of carbonyl (C=O) groups excluding carboxylic acids is 1. The molecule has 170 valence electrons. The Morgan fingerprint density at radius 1 is 1.22 bits per heavy atom. The zero-order chi connectivity index (χ0) is 22.5. The van der Waals surface area contributed by atoms with Crippen molar-refractivity contribution in [1.82, 2.24) is 9.88 Å². The number of rotatable bonds is 8. The highest BCUT2D eigenvalue weighted by molar-refractivity contribution is 7.22. The molecule has 0 atom stereocenters. The third-order valence-electron chi connectivity index (χ3n) is 5.36. The molecule has 0 radical (unpaired) electrons. The number of hydrogen-bond donors (Lipinski definition) is 0. The highest BCUT2D eigenvalue weighted by Crippen LogP contribution is 2.36. The Balaban J connectivity index is 1.56. The van der Waals surface area contributed by atoms with E-state index in [-0.39, 0.29) is 18.3 Å². The molecular weight excluding hydrogens is 433 g/mol. The van der Waals surface area contributed by atoms with Crippen LogP contribution in [-0.2, 0) is 9.53 Å². The van der Waals surface area contributed by atoms with E-state index in [2.05, 4.69) is 4.90 Å². The average Bonchev–Trinajstić information content (AvgIpc) is 3.26. The summed E-state index contributed by atoms with van der Waals surface area (Å²) in [6, 6.07) is 9.50. The number of fused-ring (bicyclic) bond motifs is 1. The third-order valence-corrected chi connectivity index (χ3v) is 6.58. The molecule has 1 aromatic heterocycles. The number of thiazole rings is 1. The van der Waals surface area contributed by atoms with Gasteiger partial charge in [0.2, 0.25) is 0 Å². The summed E-state index contributed by atoms with van der Waals surface area (Å²) in [5.74, 6) is 0.554. The van der Waals surface area contributed by atoms with Crippen LogP contribution in [0.5, 0.6) is 11.5 Å². The Kier molecular flexibility index (Phi) is 7.19. The summed E-state index contributed by atoms with van der Waals surface area (Å²) in [5, 5.41) is 0.605. The maximum absolute atomic E-state index is 13.2. The van der Waals surface area contributed by atoms with E-state index in [0.29, 0.717) is 42.9 Å². The molecule has 1 aliphatic rings. The van der Waals surface area contributed by atoms with Crippen molar-refractivity contribution in [1.29, 1.82) is 0 Å². The van der Waals surface area contributed by atoms with Crippen LogP contribution < -0.4 is 14.4 Å². The number of anilines is 1. The highest BCUT2D eigenvalue weighted by Gasteiger charge is 2.23. The second kappa shape index (κ2) is 10.2. The van der Waals surface area contributed by atoms with E-state index in [4.69, 9.17) is 19.2 Å². The van der Waals surface area contributed by atoms with E-state index in [9.17, 15) is 9.18 Å². The van der Waals surface area contributed by atoms with E-state index >= 15 is 0 Å². The van der Waals surface area contributed by atoms with Gasteiger partial charge in [0.25, 0.3) is 5.91 Å². The minimum absolute atomic E-state index is 0.166. The summed E-state index contributed by atoms with van der Waals surface area (Å²) >= 11 is 1.47. The molecule has 3 aromatic rings. The molecule has 1 saturated heterocycles. The van der Waals surface area contributed by atoms with Crippen molar-refractivity contribution in [2.24, 2.45) is 0 Å². The van der Waals surface area contributed by atoms with Gasteiger partial charge in [0.1, 0.15) is 22.8 Å². The van der Waals surface area contributed by atoms with Gasteiger partial charge in [-0.3, -0.25) is 14.6 Å². The fourth-order valence-electron chi connectivity index (χ4n) is 3.53. The van der Waals surface area contributed by atoms with Crippen molar-refractivity contribution in [3.8, 4) is 11.5 Å². The molecule has 9 heteroatoms. The Labute approximate surface area is 190 Å². The first-order valence-corrected chi connectivity index (χ1v) is 11.3. The Morgan fingerprint density at radius 2 is 1.97 bits per heavy atom. The zero-order valence-electron chi connectivity index (χ0n) is 18.2. The van der Waals surface area contributed by atoms with Crippen LogP contribution in [0.1, 0.15) is 5.56 Å². The lowest BCUT2D eigenvalue weighted by atomic mass is 10.2. The summed E-state index contributed by atoms with van der Waals surface area (Å²) in [6.45, 7) is 6.09. The van der Waals surface area contributed by atoms with Crippen LogP contribution in [0, 0.1) is 12.7 Å². The molecule has 0 unspecified atom stereocenters. The van der Waals surface area contributed by atoms with Gasteiger partial charge in [-0.2, -0.15) is 0 Å². The molecule has 7 nitrogen and oxygen atoms in total. The first-order chi connectivity index (χ1) is 15.5. The Morgan fingerprint density at radius 3 is 2.69 bits per heavy atom. The van der Waals surface area contributed by atoms with E-state index in [1.165, 1.54) is 35.6 Å². The zero-order valence-corrected chi connectivity index (χ0v) is 19.0. The number of nitrogens with zero attached hydrogens (tertiary/aromatic N) is 3. The number of amides is 1. The molecule has 0 N–H and O–H groups in total. The summed E-state index contributed by atoms with van der Waals surface area (Å²) in [4.78, 5) is 21.9.